The average molecular weight is 292 g/mol. The molecule has 3 rings (SSSR count). The highest BCUT2D eigenvalue weighted by molar-refractivity contribution is 6.30. The number of fused-ring (bicyclic) bond motifs is 2. The van der Waals surface area contributed by atoms with Gasteiger partial charge in [-0.05, 0) is 60.3 Å². The molecule has 2 aliphatic rings. The second kappa shape index (κ2) is 4.49. The molecule has 3 atom stereocenters. The second-order valence-corrected chi connectivity index (χ2v) is 7.76. The molecule has 2 bridgehead atoms. The molecule has 1 aromatic rings. The van der Waals surface area contributed by atoms with Gasteiger partial charge in [-0.15, -0.1) is 0 Å². The molecular weight excluding hydrogens is 270 g/mol. The minimum absolute atomic E-state index is 0.0218. The number of hydrogen-bond acceptors (Lipinski definition) is 1. The molecular formula is C17H22ClNO. The van der Waals surface area contributed by atoms with E-state index in [1.807, 2.05) is 0 Å². The molecule has 20 heavy (non-hydrogen) atoms. The fraction of sp³-hybridized carbons (Fsp3) is 0.588. The monoisotopic (exact) mass is 291 g/mol. The van der Waals surface area contributed by atoms with Gasteiger partial charge in [0.15, 0.2) is 0 Å². The highest BCUT2D eigenvalue weighted by Crippen LogP contribution is 2.62. The van der Waals surface area contributed by atoms with Gasteiger partial charge in [0.25, 0.3) is 5.91 Å². The maximum absolute atomic E-state index is 12.5. The zero-order valence-electron chi connectivity index (χ0n) is 12.4. The third-order valence-corrected chi connectivity index (χ3v) is 5.90. The van der Waals surface area contributed by atoms with E-state index in [0.717, 1.165) is 5.92 Å². The minimum Gasteiger partial charge on any atom is -0.348 e. The number of hydrogen-bond donors (Lipinski definition) is 1. The van der Waals surface area contributed by atoms with Crippen molar-refractivity contribution in [2.45, 2.75) is 46.1 Å². The first-order valence-electron chi connectivity index (χ1n) is 7.39. The lowest BCUT2D eigenvalue weighted by Crippen LogP contribution is -2.52. The summed E-state index contributed by atoms with van der Waals surface area (Å²) in [6.45, 7) is 6.93. The Bertz CT molecular complexity index is 532. The first kappa shape index (κ1) is 13.9. The Morgan fingerprint density at radius 2 is 1.90 bits per heavy atom. The Morgan fingerprint density at radius 3 is 2.45 bits per heavy atom. The summed E-state index contributed by atoms with van der Waals surface area (Å²) >= 11 is 5.87. The summed E-state index contributed by atoms with van der Waals surface area (Å²) in [4.78, 5) is 12.5. The van der Waals surface area contributed by atoms with E-state index in [-0.39, 0.29) is 22.8 Å². The first-order chi connectivity index (χ1) is 9.33. The standard InChI is InChI=1S/C17H22ClNO/c1-16(2)12-8-9-17(3,10-12)15(16)19-14(20)11-4-6-13(18)7-5-11/h4-7,12,15H,8-10H2,1-3H3,(H,19,20)/t12-,15-,17+/m1/s1. The maximum Gasteiger partial charge on any atom is 0.251 e. The van der Waals surface area contributed by atoms with Gasteiger partial charge in [0.1, 0.15) is 0 Å². The highest BCUT2D eigenvalue weighted by Gasteiger charge is 2.59. The lowest BCUT2D eigenvalue weighted by molar-refractivity contribution is 0.0737. The van der Waals surface area contributed by atoms with Gasteiger partial charge in [0.05, 0.1) is 0 Å². The van der Waals surface area contributed by atoms with Crippen LogP contribution in [0.25, 0.3) is 0 Å². The number of nitrogens with one attached hydrogen (secondary N) is 1. The van der Waals surface area contributed by atoms with Gasteiger partial charge in [0.2, 0.25) is 0 Å². The first-order valence-corrected chi connectivity index (χ1v) is 7.77. The molecule has 2 aliphatic carbocycles. The van der Waals surface area contributed by atoms with Gasteiger partial charge in [-0.1, -0.05) is 32.4 Å². The fourth-order valence-corrected chi connectivity index (χ4v) is 4.60. The normalized spacial score (nSPS) is 34.2. The molecule has 0 unspecified atom stereocenters. The molecule has 2 nitrogen and oxygen atoms in total. The van der Waals surface area contributed by atoms with Crippen molar-refractivity contribution in [2.24, 2.45) is 16.7 Å². The molecule has 2 fully saturated rings. The Kier molecular flexibility index (Phi) is 3.13. The van der Waals surface area contributed by atoms with Crippen molar-refractivity contribution < 1.29 is 4.79 Å². The third-order valence-electron chi connectivity index (χ3n) is 5.65. The summed E-state index contributed by atoms with van der Waals surface area (Å²) in [6, 6.07) is 7.38. The highest BCUT2D eigenvalue weighted by atomic mass is 35.5. The van der Waals surface area contributed by atoms with Crippen LogP contribution < -0.4 is 5.32 Å². The molecule has 1 aromatic carbocycles. The maximum atomic E-state index is 12.5. The van der Waals surface area contributed by atoms with Crippen LogP contribution in [-0.4, -0.2) is 11.9 Å². The topological polar surface area (TPSA) is 29.1 Å². The Hall–Kier alpha value is -1.02. The van der Waals surface area contributed by atoms with E-state index < -0.39 is 0 Å². The zero-order valence-corrected chi connectivity index (χ0v) is 13.1. The molecule has 0 heterocycles. The number of amides is 1. The number of benzene rings is 1. The summed E-state index contributed by atoms with van der Waals surface area (Å²) in [5.41, 5.74) is 1.14. The smallest absolute Gasteiger partial charge is 0.251 e. The molecule has 0 saturated heterocycles. The van der Waals surface area contributed by atoms with E-state index in [0.29, 0.717) is 10.6 Å². The van der Waals surface area contributed by atoms with E-state index in [1.165, 1.54) is 19.3 Å². The fourth-order valence-electron chi connectivity index (χ4n) is 4.48. The van der Waals surface area contributed by atoms with Gasteiger partial charge in [-0.25, -0.2) is 0 Å². The molecule has 0 radical (unpaired) electrons. The number of carbonyl (C=O) groups excluding carboxylic acids is 1. The van der Waals surface area contributed by atoms with Gasteiger partial charge in [-0.2, -0.15) is 0 Å². The van der Waals surface area contributed by atoms with Crippen molar-refractivity contribution >= 4 is 17.5 Å². The third kappa shape index (κ3) is 2.05. The molecule has 1 amide bonds. The van der Waals surface area contributed by atoms with E-state index in [2.05, 4.69) is 26.1 Å². The molecule has 0 spiro atoms. The van der Waals surface area contributed by atoms with Crippen LogP contribution in [0.2, 0.25) is 5.02 Å². The van der Waals surface area contributed by atoms with Crippen LogP contribution in [0.5, 0.6) is 0 Å². The van der Waals surface area contributed by atoms with Crippen LogP contribution in [0.1, 0.15) is 50.4 Å². The van der Waals surface area contributed by atoms with Crippen molar-refractivity contribution in [3.63, 3.8) is 0 Å². The van der Waals surface area contributed by atoms with Crippen LogP contribution in [0.3, 0.4) is 0 Å². The molecule has 0 aliphatic heterocycles. The van der Waals surface area contributed by atoms with Crippen molar-refractivity contribution in [1.82, 2.24) is 5.32 Å². The van der Waals surface area contributed by atoms with Crippen molar-refractivity contribution in [2.75, 3.05) is 0 Å². The summed E-state index contributed by atoms with van der Waals surface area (Å²) in [6.07, 6.45) is 3.77. The van der Waals surface area contributed by atoms with Gasteiger partial charge in [0, 0.05) is 16.6 Å². The quantitative estimate of drug-likeness (QED) is 0.865. The van der Waals surface area contributed by atoms with E-state index in [1.54, 1.807) is 24.3 Å². The minimum atomic E-state index is 0.0218. The number of rotatable bonds is 2. The molecule has 0 aromatic heterocycles. The van der Waals surface area contributed by atoms with Gasteiger partial charge in [-0.3, -0.25) is 4.79 Å². The van der Waals surface area contributed by atoms with Crippen molar-refractivity contribution in [3.8, 4) is 0 Å². The number of carbonyl (C=O) groups is 1. The number of halogens is 1. The van der Waals surface area contributed by atoms with Crippen molar-refractivity contribution in [1.29, 1.82) is 0 Å². The van der Waals surface area contributed by atoms with Crippen LogP contribution >= 0.6 is 11.6 Å². The van der Waals surface area contributed by atoms with E-state index in [9.17, 15) is 4.79 Å². The predicted molar refractivity (Wildman–Crippen MR) is 81.9 cm³/mol. The summed E-state index contributed by atoms with van der Waals surface area (Å²) in [7, 11) is 0. The van der Waals surface area contributed by atoms with Crippen molar-refractivity contribution in [3.05, 3.63) is 34.9 Å². The Morgan fingerprint density at radius 1 is 1.25 bits per heavy atom. The summed E-state index contributed by atoms with van der Waals surface area (Å²) in [5.74, 6) is 0.761. The van der Waals surface area contributed by atoms with Crippen LogP contribution in [0.15, 0.2) is 24.3 Å². The lowest BCUT2D eigenvalue weighted by atomic mass is 9.68. The zero-order chi connectivity index (χ0) is 14.5. The molecule has 2 saturated carbocycles. The molecule has 3 heteroatoms. The lowest BCUT2D eigenvalue weighted by Gasteiger charge is -2.43. The van der Waals surface area contributed by atoms with Gasteiger partial charge < -0.3 is 5.32 Å². The van der Waals surface area contributed by atoms with Crippen LogP contribution in [0.4, 0.5) is 0 Å². The average Bonchev–Trinajstić information content (AvgIpc) is 2.86. The van der Waals surface area contributed by atoms with Gasteiger partial charge >= 0.3 is 0 Å². The largest absolute Gasteiger partial charge is 0.348 e. The predicted octanol–water partition coefficient (Wildman–Crippen LogP) is 4.28. The SMILES string of the molecule is CC1(C)[C@@H]2CC[C@@](C)(C2)[C@@H]1NC(=O)c1ccc(Cl)cc1. The Labute approximate surface area is 125 Å². The molecule has 1 N–H and O–H groups in total. The van der Waals surface area contributed by atoms with E-state index in [4.69, 9.17) is 11.6 Å². The van der Waals surface area contributed by atoms with Crippen LogP contribution in [-0.2, 0) is 0 Å². The summed E-state index contributed by atoms with van der Waals surface area (Å²) < 4.78 is 0. The summed E-state index contributed by atoms with van der Waals surface area (Å²) in [5, 5.41) is 3.96. The molecule has 108 valence electrons. The Balaban J connectivity index is 1.80. The van der Waals surface area contributed by atoms with E-state index >= 15 is 0 Å². The second-order valence-electron chi connectivity index (χ2n) is 7.33. The van der Waals surface area contributed by atoms with Crippen LogP contribution in [0, 0.1) is 16.7 Å².